The highest BCUT2D eigenvalue weighted by molar-refractivity contribution is 7.89. The Bertz CT molecular complexity index is 845. The molecular formula is C19H20N4S4. The Morgan fingerprint density at radius 3 is 1.67 bits per heavy atom. The van der Waals surface area contributed by atoms with E-state index in [0.717, 1.165) is 22.8 Å². The fourth-order valence-corrected chi connectivity index (χ4v) is 2.94. The van der Waals surface area contributed by atoms with E-state index in [-0.39, 0.29) is 0 Å². The first-order valence-electron chi connectivity index (χ1n) is 8.17. The van der Waals surface area contributed by atoms with Crippen LogP contribution in [0.5, 0.6) is 0 Å². The fraction of sp³-hybridized carbons (Fsp3) is 0.158. The second-order valence-electron chi connectivity index (χ2n) is 5.74. The predicted molar refractivity (Wildman–Crippen MR) is 131 cm³/mol. The number of hydrogen-bond acceptors (Lipinski definition) is 4. The van der Waals surface area contributed by atoms with Crippen molar-refractivity contribution in [3.63, 3.8) is 0 Å². The van der Waals surface area contributed by atoms with Crippen molar-refractivity contribution in [2.24, 2.45) is 0 Å². The molecule has 0 aliphatic heterocycles. The number of benzene rings is 2. The lowest BCUT2D eigenvalue weighted by atomic mass is 10.0. The van der Waals surface area contributed by atoms with Crippen LogP contribution in [0.4, 0.5) is 11.4 Å². The molecule has 0 amide bonds. The second-order valence-corrected chi connectivity index (χ2v) is 7.58. The lowest BCUT2D eigenvalue weighted by molar-refractivity contribution is 1.19. The second kappa shape index (κ2) is 10.4. The predicted octanol–water partition coefficient (Wildman–Crippen LogP) is 4.20. The Labute approximate surface area is 181 Å². The van der Waals surface area contributed by atoms with Crippen molar-refractivity contribution in [3.8, 4) is 0 Å². The average Bonchev–Trinajstić information content (AvgIpc) is 2.63. The quantitative estimate of drug-likeness (QED) is 0.537. The van der Waals surface area contributed by atoms with E-state index in [4.69, 9.17) is 48.9 Å². The maximum absolute atomic E-state index is 5.25. The van der Waals surface area contributed by atoms with Crippen LogP contribution in [-0.4, -0.2) is 27.1 Å². The molecule has 0 aliphatic rings. The van der Waals surface area contributed by atoms with Crippen LogP contribution in [0.3, 0.4) is 0 Å². The molecule has 0 bridgehead atoms. The Kier molecular flexibility index (Phi) is 8.18. The van der Waals surface area contributed by atoms with Gasteiger partial charge in [-0.05, 0) is 61.0 Å². The van der Waals surface area contributed by atoms with Crippen molar-refractivity contribution in [1.29, 1.82) is 0 Å². The standard InChI is InChI=1S/C19H20N4S4/c1-12(24)21-15-7-3-13(4-8-15)11-14-5-9-16(10-6-14)22-19(27)23-18(26)17(25)20-2/h3-10H,11H2,1-2H3,(H,20,25)(H,21,24)(H2,22,23,26,27). The van der Waals surface area contributed by atoms with E-state index in [1.807, 2.05) is 31.2 Å². The van der Waals surface area contributed by atoms with Crippen molar-refractivity contribution in [1.82, 2.24) is 10.6 Å². The summed E-state index contributed by atoms with van der Waals surface area (Å²) in [6.45, 7) is 1.86. The summed E-state index contributed by atoms with van der Waals surface area (Å²) >= 11 is 20.5. The van der Waals surface area contributed by atoms with Crippen molar-refractivity contribution in [3.05, 3.63) is 59.7 Å². The van der Waals surface area contributed by atoms with Gasteiger partial charge in [-0.2, -0.15) is 0 Å². The molecule has 0 radical (unpaired) electrons. The number of anilines is 2. The molecule has 0 aliphatic carbocycles. The average molecular weight is 433 g/mol. The highest BCUT2D eigenvalue weighted by Gasteiger charge is 2.05. The molecular weight excluding hydrogens is 413 g/mol. The van der Waals surface area contributed by atoms with Gasteiger partial charge >= 0.3 is 0 Å². The monoisotopic (exact) mass is 432 g/mol. The van der Waals surface area contributed by atoms with Crippen LogP contribution < -0.4 is 21.3 Å². The minimum atomic E-state index is 0.392. The van der Waals surface area contributed by atoms with Gasteiger partial charge < -0.3 is 21.3 Å². The van der Waals surface area contributed by atoms with Crippen LogP contribution in [0, 0.1) is 0 Å². The number of hydrogen-bond donors (Lipinski definition) is 4. The fourth-order valence-electron chi connectivity index (χ4n) is 2.29. The summed E-state index contributed by atoms with van der Waals surface area (Å²) in [7, 11) is 1.72. The van der Waals surface area contributed by atoms with Gasteiger partial charge in [0.05, 0.1) is 4.99 Å². The zero-order valence-electron chi connectivity index (χ0n) is 15.0. The Hall–Kier alpha value is -2.00. The van der Waals surface area contributed by atoms with Gasteiger partial charge in [0.25, 0.3) is 0 Å². The summed E-state index contributed by atoms with van der Waals surface area (Å²) in [6, 6.07) is 16.3. The molecule has 0 unspecified atom stereocenters. The molecule has 0 fully saturated rings. The molecule has 4 N–H and O–H groups in total. The first-order valence-corrected chi connectivity index (χ1v) is 9.80. The maximum Gasteiger partial charge on any atom is 0.175 e. The first-order chi connectivity index (χ1) is 12.9. The summed E-state index contributed by atoms with van der Waals surface area (Å²) in [4.78, 5) is 1.60. The molecule has 0 heterocycles. The van der Waals surface area contributed by atoms with Crippen LogP contribution in [0.25, 0.3) is 0 Å². The minimum Gasteiger partial charge on any atom is -0.377 e. The van der Waals surface area contributed by atoms with Gasteiger partial charge in [0, 0.05) is 18.4 Å². The van der Waals surface area contributed by atoms with E-state index in [1.54, 1.807) is 7.05 Å². The maximum atomic E-state index is 5.25. The van der Waals surface area contributed by atoms with Gasteiger partial charge in [-0.15, -0.1) is 0 Å². The lowest BCUT2D eigenvalue weighted by Gasteiger charge is -2.12. The normalized spacial score (nSPS) is 9.85. The van der Waals surface area contributed by atoms with E-state index in [0.29, 0.717) is 15.1 Å². The van der Waals surface area contributed by atoms with Crippen molar-refractivity contribution < 1.29 is 0 Å². The molecule has 0 atom stereocenters. The van der Waals surface area contributed by atoms with Crippen molar-refractivity contribution in [2.45, 2.75) is 13.3 Å². The van der Waals surface area contributed by atoms with E-state index in [9.17, 15) is 0 Å². The van der Waals surface area contributed by atoms with Gasteiger partial charge in [0.1, 0.15) is 9.98 Å². The summed E-state index contributed by atoms with van der Waals surface area (Å²) in [5.41, 5.74) is 4.32. The van der Waals surface area contributed by atoms with Gasteiger partial charge in [-0.1, -0.05) is 60.9 Å². The summed E-state index contributed by atoms with van der Waals surface area (Å²) < 4.78 is 0. The lowest BCUT2D eigenvalue weighted by Crippen LogP contribution is -2.40. The topological polar surface area (TPSA) is 48.1 Å². The van der Waals surface area contributed by atoms with Crippen LogP contribution in [-0.2, 0) is 6.42 Å². The van der Waals surface area contributed by atoms with Gasteiger partial charge in [0.2, 0.25) is 0 Å². The zero-order chi connectivity index (χ0) is 19.8. The summed E-state index contributed by atoms with van der Waals surface area (Å²) in [5, 5.41) is 12.3. The third kappa shape index (κ3) is 7.26. The van der Waals surface area contributed by atoms with Crippen LogP contribution >= 0.6 is 48.9 Å². The van der Waals surface area contributed by atoms with Crippen molar-refractivity contribution >= 4 is 80.3 Å². The third-order valence-corrected chi connectivity index (χ3v) is 4.70. The van der Waals surface area contributed by atoms with E-state index < -0.39 is 0 Å². The van der Waals surface area contributed by atoms with Crippen LogP contribution in [0.1, 0.15) is 18.1 Å². The largest absolute Gasteiger partial charge is 0.377 e. The molecule has 8 heteroatoms. The highest BCUT2D eigenvalue weighted by atomic mass is 32.1. The number of likely N-dealkylation sites (N-methyl/N-ethyl adjacent to an activating group) is 1. The molecule has 2 aromatic carbocycles. The summed E-state index contributed by atoms with van der Waals surface area (Å²) in [5.74, 6) is 0. The first kappa shape index (κ1) is 21.3. The Morgan fingerprint density at radius 1 is 0.741 bits per heavy atom. The molecule has 0 spiro atoms. The van der Waals surface area contributed by atoms with Gasteiger partial charge in [-0.25, -0.2) is 0 Å². The third-order valence-electron chi connectivity index (χ3n) is 3.55. The SMILES string of the molecule is CNC(=S)C(=S)NC(=S)Nc1ccc(Cc2ccc(NC(C)=S)cc2)cc1. The zero-order valence-corrected chi connectivity index (χ0v) is 18.2. The van der Waals surface area contributed by atoms with Gasteiger partial charge in [-0.3, -0.25) is 0 Å². The van der Waals surface area contributed by atoms with Crippen LogP contribution in [0.2, 0.25) is 0 Å². The molecule has 140 valence electrons. The molecule has 0 aromatic heterocycles. The van der Waals surface area contributed by atoms with Crippen LogP contribution in [0.15, 0.2) is 48.5 Å². The minimum absolute atomic E-state index is 0.392. The van der Waals surface area contributed by atoms with E-state index in [1.165, 1.54) is 11.1 Å². The number of rotatable bonds is 4. The van der Waals surface area contributed by atoms with Crippen molar-refractivity contribution in [2.75, 3.05) is 17.7 Å². The molecule has 0 saturated heterocycles. The van der Waals surface area contributed by atoms with Gasteiger partial charge in [0.15, 0.2) is 5.11 Å². The number of thiocarbonyl (C=S) groups is 4. The highest BCUT2D eigenvalue weighted by Crippen LogP contribution is 2.16. The molecule has 2 aromatic rings. The smallest absolute Gasteiger partial charge is 0.175 e. The van der Waals surface area contributed by atoms with E-state index >= 15 is 0 Å². The summed E-state index contributed by atoms with van der Waals surface area (Å²) in [6.07, 6.45) is 0.848. The van der Waals surface area contributed by atoms with E-state index in [2.05, 4.69) is 45.5 Å². The molecule has 0 saturated carbocycles. The molecule has 27 heavy (non-hydrogen) atoms. The molecule has 4 nitrogen and oxygen atoms in total. The molecule has 2 rings (SSSR count). The number of nitrogens with one attached hydrogen (secondary N) is 4. The Balaban J connectivity index is 1.91. The Morgan fingerprint density at radius 2 is 1.22 bits per heavy atom.